The van der Waals surface area contributed by atoms with Crippen LogP contribution >= 0.6 is 11.6 Å². The van der Waals surface area contributed by atoms with Gasteiger partial charge >= 0.3 is 5.97 Å². The summed E-state index contributed by atoms with van der Waals surface area (Å²) < 4.78 is 28.2. The van der Waals surface area contributed by atoms with Gasteiger partial charge in [-0.3, -0.25) is 4.72 Å². The first-order chi connectivity index (χ1) is 12.8. The van der Waals surface area contributed by atoms with Gasteiger partial charge in [-0.2, -0.15) is 0 Å². The zero-order chi connectivity index (χ0) is 20.0. The number of unbranched alkanes of at least 4 members (excludes halogenated alkanes) is 1. The highest BCUT2D eigenvalue weighted by Crippen LogP contribution is 2.31. The van der Waals surface area contributed by atoms with E-state index in [1.54, 1.807) is 18.2 Å². The Balaban J connectivity index is 2.50. The van der Waals surface area contributed by atoms with Gasteiger partial charge in [0.15, 0.2) is 0 Å². The number of halogens is 1. The Hall–Kier alpha value is -2.25. The van der Waals surface area contributed by atoms with Crippen molar-refractivity contribution >= 4 is 39.0 Å². The monoisotopic (exact) mass is 410 g/mol. The lowest BCUT2D eigenvalue weighted by molar-refractivity contribution is 0.0697. The van der Waals surface area contributed by atoms with Gasteiger partial charge < -0.3 is 10.0 Å². The molecule has 0 atom stereocenters. The van der Waals surface area contributed by atoms with Crippen LogP contribution in [0.25, 0.3) is 0 Å². The topological polar surface area (TPSA) is 86.7 Å². The van der Waals surface area contributed by atoms with Crippen LogP contribution in [0.15, 0.2) is 47.4 Å². The number of benzene rings is 2. The van der Waals surface area contributed by atoms with E-state index in [0.29, 0.717) is 12.2 Å². The standard InChI is InChI=1S/C19H23ClN2O4S/c1-3-5-12-22(4-2)17-11-10-14(19(23)24)13-16(17)21-27(25,26)18-9-7-6-8-15(18)20/h6-11,13,21H,3-5,12H2,1-2H3,(H,23,24). The van der Waals surface area contributed by atoms with Gasteiger partial charge in [0.2, 0.25) is 0 Å². The number of anilines is 2. The van der Waals surface area contributed by atoms with Crippen molar-refractivity contribution in [3.63, 3.8) is 0 Å². The fourth-order valence-electron chi connectivity index (χ4n) is 2.69. The van der Waals surface area contributed by atoms with Crippen molar-refractivity contribution in [3.8, 4) is 0 Å². The molecule has 8 heteroatoms. The predicted molar refractivity (Wildman–Crippen MR) is 108 cm³/mol. The summed E-state index contributed by atoms with van der Waals surface area (Å²) in [4.78, 5) is 13.3. The van der Waals surface area contributed by atoms with Gasteiger partial charge in [0, 0.05) is 13.1 Å². The van der Waals surface area contributed by atoms with Crippen molar-refractivity contribution in [2.24, 2.45) is 0 Å². The van der Waals surface area contributed by atoms with Gasteiger partial charge in [0.25, 0.3) is 10.0 Å². The highest BCUT2D eigenvalue weighted by Gasteiger charge is 2.21. The van der Waals surface area contributed by atoms with Crippen LogP contribution < -0.4 is 9.62 Å². The molecule has 0 saturated carbocycles. The van der Waals surface area contributed by atoms with E-state index in [1.165, 1.54) is 24.3 Å². The maximum atomic E-state index is 12.8. The molecule has 0 aliphatic rings. The van der Waals surface area contributed by atoms with Gasteiger partial charge in [-0.15, -0.1) is 0 Å². The minimum absolute atomic E-state index is 0.00199. The molecule has 0 spiro atoms. The Morgan fingerprint density at radius 2 is 1.89 bits per heavy atom. The summed E-state index contributed by atoms with van der Waals surface area (Å²) in [6, 6.07) is 10.5. The maximum absolute atomic E-state index is 12.8. The van der Waals surface area contributed by atoms with Crippen LogP contribution in [0.1, 0.15) is 37.0 Å². The fourth-order valence-corrected chi connectivity index (χ4v) is 4.27. The largest absolute Gasteiger partial charge is 0.478 e. The molecule has 2 rings (SSSR count). The molecule has 6 nitrogen and oxygen atoms in total. The van der Waals surface area contributed by atoms with E-state index in [2.05, 4.69) is 11.6 Å². The third-order valence-corrected chi connectivity index (χ3v) is 5.98. The molecule has 2 aromatic rings. The maximum Gasteiger partial charge on any atom is 0.335 e. The minimum Gasteiger partial charge on any atom is -0.478 e. The summed E-state index contributed by atoms with van der Waals surface area (Å²) in [6.07, 6.45) is 1.93. The van der Waals surface area contributed by atoms with Crippen molar-refractivity contribution in [1.29, 1.82) is 0 Å². The quantitative estimate of drug-likeness (QED) is 0.637. The van der Waals surface area contributed by atoms with E-state index < -0.39 is 16.0 Å². The first-order valence-electron chi connectivity index (χ1n) is 8.69. The summed E-state index contributed by atoms with van der Waals surface area (Å²) in [7, 11) is -3.97. The average Bonchev–Trinajstić information content (AvgIpc) is 2.63. The number of aromatic carboxylic acids is 1. The molecule has 2 aromatic carbocycles. The Labute approximate surface area is 164 Å². The smallest absolute Gasteiger partial charge is 0.335 e. The summed E-state index contributed by atoms with van der Waals surface area (Å²) >= 11 is 6.03. The highest BCUT2D eigenvalue weighted by atomic mass is 35.5. The molecule has 146 valence electrons. The van der Waals surface area contributed by atoms with Crippen molar-refractivity contribution < 1.29 is 18.3 Å². The number of carboxylic acid groups (broad SMARTS) is 1. The van der Waals surface area contributed by atoms with E-state index >= 15 is 0 Å². The highest BCUT2D eigenvalue weighted by molar-refractivity contribution is 7.92. The Kier molecular flexibility index (Phi) is 7.10. The molecule has 2 N–H and O–H groups in total. The lowest BCUT2D eigenvalue weighted by Gasteiger charge is -2.26. The first-order valence-corrected chi connectivity index (χ1v) is 10.6. The molecule has 0 radical (unpaired) electrons. The normalized spacial score (nSPS) is 11.2. The molecule has 27 heavy (non-hydrogen) atoms. The molecule has 0 unspecified atom stereocenters. The Morgan fingerprint density at radius 1 is 1.19 bits per heavy atom. The van der Waals surface area contributed by atoms with E-state index in [-0.39, 0.29) is 21.2 Å². The zero-order valence-electron chi connectivity index (χ0n) is 15.3. The summed E-state index contributed by atoms with van der Waals surface area (Å²) in [5.41, 5.74) is 0.849. The SMILES string of the molecule is CCCCN(CC)c1ccc(C(=O)O)cc1NS(=O)(=O)c1ccccc1Cl. The average molecular weight is 411 g/mol. The van der Waals surface area contributed by atoms with Gasteiger partial charge in [0.1, 0.15) is 4.90 Å². The van der Waals surface area contributed by atoms with Crippen LogP contribution in [-0.2, 0) is 10.0 Å². The van der Waals surface area contributed by atoms with Gasteiger partial charge in [-0.25, -0.2) is 13.2 Å². The third kappa shape index (κ3) is 5.14. The summed E-state index contributed by atoms with van der Waals surface area (Å²) in [6.45, 7) is 5.43. The lowest BCUT2D eigenvalue weighted by atomic mass is 10.1. The van der Waals surface area contributed by atoms with Crippen LogP contribution in [0.3, 0.4) is 0 Å². The summed E-state index contributed by atoms with van der Waals surface area (Å²) in [5, 5.41) is 9.38. The van der Waals surface area contributed by atoms with Crippen LogP contribution in [-0.4, -0.2) is 32.6 Å². The van der Waals surface area contributed by atoms with Crippen molar-refractivity contribution in [1.82, 2.24) is 0 Å². The molecule has 0 amide bonds. The van der Waals surface area contributed by atoms with Gasteiger partial charge in [-0.1, -0.05) is 37.1 Å². The van der Waals surface area contributed by atoms with E-state index in [9.17, 15) is 18.3 Å². The fraction of sp³-hybridized carbons (Fsp3) is 0.316. The molecule has 0 aromatic heterocycles. The Morgan fingerprint density at radius 3 is 2.48 bits per heavy atom. The number of carboxylic acids is 1. The number of hydrogen-bond donors (Lipinski definition) is 2. The number of hydrogen-bond acceptors (Lipinski definition) is 4. The van der Waals surface area contributed by atoms with E-state index in [0.717, 1.165) is 19.4 Å². The van der Waals surface area contributed by atoms with Gasteiger partial charge in [0.05, 0.1) is 22.0 Å². The number of carbonyl (C=O) groups is 1. The number of rotatable bonds is 9. The second-order valence-corrected chi connectivity index (χ2v) is 8.06. The number of sulfonamides is 1. The second kappa shape index (κ2) is 9.10. The second-order valence-electron chi connectivity index (χ2n) is 6.01. The molecule has 0 saturated heterocycles. The third-order valence-electron chi connectivity index (χ3n) is 4.12. The number of nitrogens with one attached hydrogen (secondary N) is 1. The molecular formula is C19H23ClN2O4S. The molecule has 0 bridgehead atoms. The molecule has 0 heterocycles. The first kappa shape index (κ1) is 21.1. The lowest BCUT2D eigenvalue weighted by Crippen LogP contribution is -2.26. The summed E-state index contributed by atoms with van der Waals surface area (Å²) in [5.74, 6) is -1.13. The van der Waals surface area contributed by atoms with Crippen LogP contribution in [0.5, 0.6) is 0 Å². The molecular weight excluding hydrogens is 388 g/mol. The minimum atomic E-state index is -3.97. The van der Waals surface area contributed by atoms with Crippen LogP contribution in [0.4, 0.5) is 11.4 Å². The zero-order valence-corrected chi connectivity index (χ0v) is 16.8. The van der Waals surface area contributed by atoms with E-state index in [1.807, 2.05) is 11.8 Å². The van der Waals surface area contributed by atoms with Crippen molar-refractivity contribution in [2.45, 2.75) is 31.6 Å². The molecule has 0 aliphatic heterocycles. The van der Waals surface area contributed by atoms with Crippen molar-refractivity contribution in [2.75, 3.05) is 22.7 Å². The molecule has 0 fully saturated rings. The van der Waals surface area contributed by atoms with Crippen LogP contribution in [0, 0.1) is 0 Å². The Bertz CT molecular complexity index is 916. The van der Waals surface area contributed by atoms with Crippen LogP contribution in [0.2, 0.25) is 5.02 Å². The van der Waals surface area contributed by atoms with E-state index in [4.69, 9.17) is 11.6 Å². The predicted octanol–water partition coefficient (Wildman–Crippen LogP) is 4.47. The van der Waals surface area contributed by atoms with Crippen molar-refractivity contribution in [3.05, 3.63) is 53.1 Å². The van der Waals surface area contributed by atoms with Gasteiger partial charge in [-0.05, 0) is 43.7 Å². The number of nitrogens with zero attached hydrogens (tertiary/aromatic N) is 1. The molecule has 0 aliphatic carbocycles.